The lowest BCUT2D eigenvalue weighted by Gasteiger charge is -2.08. The first kappa shape index (κ1) is 16.1. The Balaban J connectivity index is 1.56. The summed E-state index contributed by atoms with van der Waals surface area (Å²) < 4.78 is 5.74. The Hall–Kier alpha value is -1.78. The van der Waals surface area contributed by atoms with E-state index in [1.54, 1.807) is 0 Å². The average molecular weight is 345 g/mol. The summed E-state index contributed by atoms with van der Waals surface area (Å²) in [6.07, 6.45) is 0.749. The van der Waals surface area contributed by atoms with E-state index in [2.05, 4.69) is 29.3 Å². The van der Waals surface area contributed by atoms with Crippen LogP contribution in [0.25, 0.3) is 0 Å². The zero-order valence-corrected chi connectivity index (χ0v) is 14.3. The van der Waals surface area contributed by atoms with Crippen molar-refractivity contribution in [3.8, 4) is 0 Å². The fraction of sp³-hybridized carbons (Fsp3) is 0.222. The first-order chi connectivity index (χ1) is 11.2. The standard InChI is InChI=1S/C18H17ClN2OS/c1-13(15-5-3-2-4-6-15)11-17-20-21-18(22-17)23-12-14-7-9-16(19)10-8-14/h2-10,13H,11-12H2,1H3. The molecule has 3 nitrogen and oxygen atoms in total. The fourth-order valence-corrected chi connectivity index (χ4v) is 3.13. The van der Waals surface area contributed by atoms with E-state index in [0.29, 0.717) is 17.0 Å². The Labute approximate surface area is 145 Å². The van der Waals surface area contributed by atoms with E-state index in [1.165, 1.54) is 22.9 Å². The minimum Gasteiger partial charge on any atom is -0.416 e. The van der Waals surface area contributed by atoms with Gasteiger partial charge in [-0.2, -0.15) is 0 Å². The molecule has 5 heteroatoms. The minimum absolute atomic E-state index is 0.353. The number of halogens is 1. The van der Waals surface area contributed by atoms with Crippen LogP contribution in [-0.4, -0.2) is 10.2 Å². The predicted molar refractivity (Wildman–Crippen MR) is 93.9 cm³/mol. The van der Waals surface area contributed by atoms with E-state index in [1.807, 2.05) is 42.5 Å². The van der Waals surface area contributed by atoms with E-state index in [-0.39, 0.29) is 0 Å². The normalized spacial score (nSPS) is 12.3. The van der Waals surface area contributed by atoms with Crippen molar-refractivity contribution in [2.45, 2.75) is 30.2 Å². The van der Waals surface area contributed by atoms with Gasteiger partial charge < -0.3 is 4.42 Å². The first-order valence-corrected chi connectivity index (χ1v) is 8.81. The Bertz CT molecular complexity index is 743. The van der Waals surface area contributed by atoms with Crippen LogP contribution >= 0.6 is 23.4 Å². The van der Waals surface area contributed by atoms with Crippen LogP contribution in [0.3, 0.4) is 0 Å². The third kappa shape index (κ3) is 4.60. The number of nitrogens with zero attached hydrogens (tertiary/aromatic N) is 2. The van der Waals surface area contributed by atoms with Gasteiger partial charge in [0.2, 0.25) is 5.89 Å². The molecule has 23 heavy (non-hydrogen) atoms. The second kappa shape index (κ2) is 7.66. The molecule has 1 unspecified atom stereocenters. The van der Waals surface area contributed by atoms with Gasteiger partial charge in [0.15, 0.2) is 0 Å². The summed E-state index contributed by atoms with van der Waals surface area (Å²) >= 11 is 7.42. The lowest BCUT2D eigenvalue weighted by Crippen LogP contribution is -1.98. The quantitative estimate of drug-likeness (QED) is 0.564. The molecule has 0 aliphatic heterocycles. The van der Waals surface area contributed by atoms with Crippen molar-refractivity contribution in [3.63, 3.8) is 0 Å². The van der Waals surface area contributed by atoms with E-state index >= 15 is 0 Å². The van der Waals surface area contributed by atoms with Crippen molar-refractivity contribution in [1.82, 2.24) is 10.2 Å². The van der Waals surface area contributed by atoms with Crippen molar-refractivity contribution in [2.24, 2.45) is 0 Å². The summed E-state index contributed by atoms with van der Waals surface area (Å²) in [6.45, 7) is 2.17. The Morgan fingerprint density at radius 3 is 2.52 bits per heavy atom. The van der Waals surface area contributed by atoms with Gasteiger partial charge in [0.25, 0.3) is 5.22 Å². The number of hydrogen-bond donors (Lipinski definition) is 0. The van der Waals surface area contributed by atoms with Crippen LogP contribution in [0.4, 0.5) is 0 Å². The monoisotopic (exact) mass is 344 g/mol. The molecule has 2 aromatic carbocycles. The predicted octanol–water partition coefficient (Wildman–Crippen LogP) is 5.36. The fourth-order valence-electron chi connectivity index (χ4n) is 2.27. The molecule has 0 aliphatic carbocycles. The van der Waals surface area contributed by atoms with Gasteiger partial charge in [-0.05, 0) is 29.2 Å². The molecule has 0 radical (unpaired) electrons. The Morgan fingerprint density at radius 2 is 1.78 bits per heavy atom. The molecular formula is C18H17ClN2OS. The second-order valence-corrected chi connectivity index (χ2v) is 6.76. The zero-order chi connectivity index (χ0) is 16.1. The molecule has 3 rings (SSSR count). The number of rotatable bonds is 6. The van der Waals surface area contributed by atoms with E-state index < -0.39 is 0 Å². The van der Waals surface area contributed by atoms with Gasteiger partial charge in [0.05, 0.1) is 0 Å². The lowest BCUT2D eigenvalue weighted by molar-refractivity contribution is 0.404. The van der Waals surface area contributed by atoms with E-state index in [0.717, 1.165) is 17.2 Å². The zero-order valence-electron chi connectivity index (χ0n) is 12.8. The topological polar surface area (TPSA) is 38.9 Å². The van der Waals surface area contributed by atoms with Crippen LogP contribution in [0.2, 0.25) is 5.02 Å². The third-order valence-corrected chi connectivity index (χ3v) is 4.71. The van der Waals surface area contributed by atoms with Crippen LogP contribution < -0.4 is 0 Å². The maximum Gasteiger partial charge on any atom is 0.276 e. The Kier molecular flexibility index (Phi) is 5.36. The maximum absolute atomic E-state index is 5.88. The van der Waals surface area contributed by atoms with Crippen molar-refractivity contribution in [1.29, 1.82) is 0 Å². The van der Waals surface area contributed by atoms with Crippen molar-refractivity contribution >= 4 is 23.4 Å². The van der Waals surface area contributed by atoms with Gasteiger partial charge in [-0.1, -0.05) is 72.8 Å². The summed E-state index contributed by atoms with van der Waals surface area (Å²) in [5.74, 6) is 1.82. The largest absolute Gasteiger partial charge is 0.416 e. The van der Waals surface area contributed by atoms with Crippen molar-refractivity contribution < 1.29 is 4.42 Å². The van der Waals surface area contributed by atoms with Gasteiger partial charge in [-0.15, -0.1) is 10.2 Å². The summed E-state index contributed by atoms with van der Waals surface area (Å²) in [6, 6.07) is 18.1. The molecule has 118 valence electrons. The van der Waals surface area contributed by atoms with Crippen LogP contribution in [0.5, 0.6) is 0 Å². The summed E-state index contributed by atoms with van der Waals surface area (Å²) in [5.41, 5.74) is 2.46. The number of thioether (sulfide) groups is 1. The molecule has 0 amide bonds. The molecule has 0 saturated carbocycles. The van der Waals surface area contributed by atoms with Gasteiger partial charge >= 0.3 is 0 Å². The molecule has 0 N–H and O–H groups in total. The van der Waals surface area contributed by atoms with Gasteiger partial charge in [0, 0.05) is 17.2 Å². The molecule has 1 aromatic heterocycles. The summed E-state index contributed by atoms with van der Waals surface area (Å²) in [7, 11) is 0. The number of benzene rings is 2. The smallest absolute Gasteiger partial charge is 0.276 e. The summed E-state index contributed by atoms with van der Waals surface area (Å²) in [5, 5.41) is 9.62. The van der Waals surface area contributed by atoms with Crippen LogP contribution in [0, 0.1) is 0 Å². The maximum atomic E-state index is 5.88. The minimum atomic E-state index is 0.353. The SMILES string of the molecule is CC(Cc1nnc(SCc2ccc(Cl)cc2)o1)c1ccccc1. The second-order valence-electron chi connectivity index (χ2n) is 5.39. The van der Waals surface area contributed by atoms with Gasteiger partial charge in [0.1, 0.15) is 0 Å². The molecule has 1 atom stereocenters. The third-order valence-electron chi connectivity index (χ3n) is 3.57. The van der Waals surface area contributed by atoms with Gasteiger partial charge in [-0.25, -0.2) is 0 Å². The molecule has 0 aliphatic rings. The number of aromatic nitrogens is 2. The highest BCUT2D eigenvalue weighted by molar-refractivity contribution is 7.98. The van der Waals surface area contributed by atoms with Crippen molar-refractivity contribution in [2.75, 3.05) is 0 Å². The van der Waals surface area contributed by atoms with E-state index in [4.69, 9.17) is 16.0 Å². The highest BCUT2D eigenvalue weighted by atomic mass is 35.5. The van der Waals surface area contributed by atoms with Crippen LogP contribution in [-0.2, 0) is 12.2 Å². The molecule has 0 bridgehead atoms. The summed E-state index contributed by atoms with van der Waals surface area (Å²) in [4.78, 5) is 0. The molecule has 0 fully saturated rings. The molecule has 0 spiro atoms. The average Bonchev–Trinajstić information content (AvgIpc) is 3.02. The van der Waals surface area contributed by atoms with E-state index in [9.17, 15) is 0 Å². The van der Waals surface area contributed by atoms with Crippen molar-refractivity contribution in [3.05, 3.63) is 76.6 Å². The highest BCUT2D eigenvalue weighted by Crippen LogP contribution is 2.25. The molecule has 3 aromatic rings. The van der Waals surface area contributed by atoms with Gasteiger partial charge in [-0.3, -0.25) is 0 Å². The first-order valence-electron chi connectivity index (χ1n) is 7.45. The lowest BCUT2D eigenvalue weighted by atomic mass is 9.98. The van der Waals surface area contributed by atoms with Crippen LogP contribution in [0.1, 0.15) is 29.9 Å². The van der Waals surface area contributed by atoms with Crippen LogP contribution in [0.15, 0.2) is 64.2 Å². The Morgan fingerprint density at radius 1 is 1.04 bits per heavy atom. The molecule has 1 heterocycles. The number of hydrogen-bond acceptors (Lipinski definition) is 4. The molecule has 0 saturated heterocycles. The highest BCUT2D eigenvalue weighted by Gasteiger charge is 2.12. The molecular weight excluding hydrogens is 328 g/mol.